The molecule has 0 atom stereocenters. The van der Waals surface area contributed by atoms with Crippen LogP contribution in [-0.4, -0.2) is 14.8 Å². The lowest BCUT2D eigenvalue weighted by Gasteiger charge is -2.07. The first-order valence-corrected chi connectivity index (χ1v) is 6.76. The van der Waals surface area contributed by atoms with Crippen molar-refractivity contribution < 1.29 is 14.6 Å². The summed E-state index contributed by atoms with van der Waals surface area (Å²) in [4.78, 5) is 24.1. The Bertz CT molecular complexity index is 740. The van der Waals surface area contributed by atoms with Crippen molar-refractivity contribution in [1.82, 2.24) is 4.98 Å². The van der Waals surface area contributed by atoms with Crippen molar-refractivity contribution in [3.05, 3.63) is 59.3 Å². The summed E-state index contributed by atoms with van der Waals surface area (Å²) in [6, 6.07) is 5.03. The number of rotatable bonds is 4. The molecule has 1 aromatic heterocycles. The Morgan fingerprint density at radius 1 is 1.19 bits per heavy atom. The van der Waals surface area contributed by atoms with Crippen LogP contribution in [0.25, 0.3) is 0 Å². The number of hydrogen-bond donors (Lipinski definition) is 0. The van der Waals surface area contributed by atoms with Crippen LogP contribution in [-0.2, 0) is 0 Å². The first-order chi connectivity index (χ1) is 9.88. The molecule has 108 valence electrons. The van der Waals surface area contributed by atoms with E-state index in [0.717, 1.165) is 6.07 Å². The van der Waals surface area contributed by atoms with Gasteiger partial charge in [0.15, 0.2) is 0 Å². The molecular weight excluding hydrogens is 416 g/mol. The molecule has 8 nitrogen and oxygen atoms in total. The van der Waals surface area contributed by atoms with Gasteiger partial charge in [0.25, 0.3) is 11.6 Å². The van der Waals surface area contributed by atoms with Gasteiger partial charge >= 0.3 is 5.69 Å². The van der Waals surface area contributed by atoms with Crippen LogP contribution in [0.1, 0.15) is 0 Å². The topological polar surface area (TPSA) is 108 Å². The van der Waals surface area contributed by atoms with Crippen molar-refractivity contribution in [2.75, 3.05) is 0 Å². The number of hydrogen-bond acceptors (Lipinski definition) is 6. The summed E-state index contributed by atoms with van der Waals surface area (Å²) in [5.41, 5.74) is -0.619. The van der Waals surface area contributed by atoms with Crippen LogP contribution in [0.2, 0.25) is 5.02 Å². The molecule has 2 aromatic rings. The summed E-state index contributed by atoms with van der Waals surface area (Å²) in [7, 11) is 0. The summed E-state index contributed by atoms with van der Waals surface area (Å²) in [5.74, 6) is -0.189. The zero-order valence-electron chi connectivity index (χ0n) is 10.0. The molecule has 0 aliphatic heterocycles. The average Bonchev–Trinajstić information content (AvgIpc) is 2.42. The van der Waals surface area contributed by atoms with Crippen LogP contribution in [0.4, 0.5) is 11.4 Å². The molecule has 0 saturated heterocycles. The Balaban J connectivity index is 2.45. The molecule has 0 radical (unpaired) electrons. The maximum absolute atomic E-state index is 10.9. The van der Waals surface area contributed by atoms with E-state index < -0.39 is 15.5 Å². The van der Waals surface area contributed by atoms with Crippen LogP contribution in [0.15, 0.2) is 30.5 Å². The van der Waals surface area contributed by atoms with Gasteiger partial charge in [-0.1, -0.05) is 11.6 Å². The third-order valence-electron chi connectivity index (χ3n) is 2.33. The molecule has 21 heavy (non-hydrogen) atoms. The molecule has 2 rings (SSSR count). The summed E-state index contributed by atoms with van der Waals surface area (Å²) >= 11 is 7.54. The van der Waals surface area contributed by atoms with Crippen LogP contribution >= 0.6 is 34.2 Å². The fourth-order valence-corrected chi connectivity index (χ4v) is 2.01. The second-order valence-electron chi connectivity index (χ2n) is 3.71. The minimum absolute atomic E-state index is 0.0859. The van der Waals surface area contributed by atoms with E-state index in [1.807, 2.05) is 22.6 Å². The van der Waals surface area contributed by atoms with E-state index in [1.54, 1.807) is 0 Å². The van der Waals surface area contributed by atoms with Crippen LogP contribution in [0.3, 0.4) is 0 Å². The van der Waals surface area contributed by atoms with Crippen molar-refractivity contribution in [2.45, 2.75) is 0 Å². The smallest absolute Gasteiger partial charge is 0.332 e. The predicted octanol–water partition coefficient (Wildman–Crippen LogP) is 3.95. The lowest BCUT2D eigenvalue weighted by molar-refractivity contribution is -0.386. The Kier molecular flexibility index (Phi) is 4.53. The molecule has 0 aliphatic rings. The first kappa shape index (κ1) is 15.4. The highest BCUT2D eigenvalue weighted by Crippen LogP contribution is 2.34. The highest BCUT2D eigenvalue weighted by Gasteiger charge is 2.20. The maximum atomic E-state index is 10.9. The van der Waals surface area contributed by atoms with E-state index in [0.29, 0.717) is 3.57 Å². The van der Waals surface area contributed by atoms with E-state index in [1.165, 1.54) is 24.4 Å². The maximum Gasteiger partial charge on any atom is 0.332 e. The van der Waals surface area contributed by atoms with Crippen LogP contribution < -0.4 is 4.74 Å². The second-order valence-corrected chi connectivity index (χ2v) is 5.31. The number of benzene rings is 1. The first-order valence-electron chi connectivity index (χ1n) is 5.30. The van der Waals surface area contributed by atoms with Gasteiger partial charge in [-0.25, -0.2) is 4.98 Å². The Morgan fingerprint density at radius 3 is 2.52 bits per heavy atom. The molecule has 0 bridgehead atoms. The quantitative estimate of drug-likeness (QED) is 0.420. The van der Waals surface area contributed by atoms with Gasteiger partial charge in [-0.15, -0.1) is 0 Å². The van der Waals surface area contributed by atoms with Gasteiger partial charge in [0.2, 0.25) is 0 Å². The van der Waals surface area contributed by atoms with Crippen molar-refractivity contribution >= 4 is 45.6 Å². The summed E-state index contributed by atoms with van der Waals surface area (Å²) < 4.78 is 5.87. The third kappa shape index (κ3) is 3.55. The molecular formula is C11H5ClIN3O5. The highest BCUT2D eigenvalue weighted by molar-refractivity contribution is 14.1. The number of nitrogens with zero attached hydrogens (tertiary/aromatic N) is 3. The van der Waals surface area contributed by atoms with Crippen molar-refractivity contribution in [3.63, 3.8) is 0 Å². The van der Waals surface area contributed by atoms with Crippen LogP contribution in [0.5, 0.6) is 11.6 Å². The average molecular weight is 422 g/mol. The Morgan fingerprint density at radius 2 is 1.90 bits per heavy atom. The van der Waals surface area contributed by atoms with E-state index in [9.17, 15) is 20.2 Å². The highest BCUT2D eigenvalue weighted by atomic mass is 127. The van der Waals surface area contributed by atoms with Crippen molar-refractivity contribution in [3.8, 4) is 11.6 Å². The van der Waals surface area contributed by atoms with Gasteiger partial charge in [-0.3, -0.25) is 20.2 Å². The van der Waals surface area contributed by atoms with Crippen molar-refractivity contribution in [1.29, 1.82) is 0 Å². The molecule has 0 spiro atoms. The van der Waals surface area contributed by atoms with E-state index in [4.69, 9.17) is 16.3 Å². The lowest BCUT2D eigenvalue weighted by atomic mass is 10.3. The Hall–Kier alpha value is -2.01. The second kappa shape index (κ2) is 6.18. The van der Waals surface area contributed by atoms with Gasteiger partial charge < -0.3 is 4.74 Å². The van der Waals surface area contributed by atoms with E-state index >= 15 is 0 Å². The largest absolute Gasteiger partial charge is 0.432 e. The van der Waals surface area contributed by atoms with Gasteiger partial charge in [0.1, 0.15) is 5.75 Å². The normalized spacial score (nSPS) is 10.2. The number of nitro groups is 2. The summed E-state index contributed by atoms with van der Waals surface area (Å²) in [6.07, 6.45) is 1.19. The monoisotopic (exact) mass is 421 g/mol. The molecule has 10 heteroatoms. The zero-order valence-corrected chi connectivity index (χ0v) is 12.9. The van der Waals surface area contributed by atoms with Gasteiger partial charge in [-0.2, -0.15) is 0 Å². The molecule has 0 aliphatic carbocycles. The van der Waals surface area contributed by atoms with Gasteiger partial charge in [-0.05, 0) is 28.7 Å². The predicted molar refractivity (Wildman–Crippen MR) is 81.8 cm³/mol. The van der Waals surface area contributed by atoms with Crippen LogP contribution in [0, 0.1) is 23.8 Å². The molecule has 0 fully saturated rings. The fourth-order valence-electron chi connectivity index (χ4n) is 1.41. The number of halogens is 2. The minimum Gasteiger partial charge on any atom is -0.432 e. The minimum atomic E-state index is -0.696. The summed E-state index contributed by atoms with van der Waals surface area (Å²) in [5, 5.41) is 21.8. The SMILES string of the molecule is O=[N+]([O-])c1ccc(I)c(Oc2ncc(Cl)cc2[N+](=O)[O-])c1. The third-order valence-corrected chi connectivity index (χ3v) is 3.43. The zero-order chi connectivity index (χ0) is 15.6. The number of nitro benzene ring substituents is 1. The van der Waals surface area contributed by atoms with Gasteiger partial charge in [0, 0.05) is 12.1 Å². The molecule has 0 unspecified atom stereocenters. The number of non-ortho nitro benzene ring substituents is 1. The van der Waals surface area contributed by atoms with Gasteiger partial charge in [0.05, 0.1) is 30.7 Å². The molecule has 1 heterocycles. The molecule has 0 saturated carbocycles. The standard InChI is InChI=1S/C11H5ClIN3O5/c12-6-3-9(16(19)20)11(14-5-6)21-10-4-7(15(17)18)1-2-8(10)13/h1-5H. The summed E-state index contributed by atoms with van der Waals surface area (Å²) in [6.45, 7) is 0. The molecule has 0 amide bonds. The van der Waals surface area contributed by atoms with E-state index in [-0.39, 0.29) is 22.3 Å². The lowest BCUT2D eigenvalue weighted by Crippen LogP contribution is -1.98. The molecule has 0 N–H and O–H groups in total. The van der Waals surface area contributed by atoms with E-state index in [2.05, 4.69) is 4.98 Å². The van der Waals surface area contributed by atoms with Crippen molar-refractivity contribution in [2.24, 2.45) is 0 Å². The number of ether oxygens (including phenoxy) is 1. The number of pyridine rings is 1. The molecule has 1 aromatic carbocycles. The Labute approximate surface area is 136 Å². The number of aromatic nitrogens is 1. The fraction of sp³-hybridized carbons (Fsp3) is 0.